The number of phenols is 1. The van der Waals surface area contributed by atoms with E-state index >= 15 is 0 Å². The summed E-state index contributed by atoms with van der Waals surface area (Å²) in [6.45, 7) is 0. The minimum atomic E-state index is -0.664. The Balaban J connectivity index is 1.51. The molecule has 0 bridgehead atoms. The number of rotatable bonds is 3. The Kier molecular flexibility index (Phi) is 6.70. The Hall–Kier alpha value is -2.57. The average molecular weight is 765 g/mol. The number of Topliss-reactive ketones (excluding diaryl/α,β-unsaturated/α-hetero) is 1. The molecular formula is C29H20Br2INO6. The highest BCUT2D eigenvalue weighted by molar-refractivity contribution is 14.1. The van der Waals surface area contributed by atoms with E-state index in [4.69, 9.17) is 4.74 Å². The van der Waals surface area contributed by atoms with Crippen molar-refractivity contribution in [1.29, 1.82) is 0 Å². The number of methoxy groups -OCH3 is 1. The van der Waals surface area contributed by atoms with Gasteiger partial charge in [-0.1, -0.05) is 27.6 Å². The third-order valence-electron chi connectivity index (χ3n) is 8.02. The van der Waals surface area contributed by atoms with Crippen molar-refractivity contribution in [2.45, 2.75) is 18.8 Å². The lowest BCUT2D eigenvalue weighted by Crippen LogP contribution is -2.39. The largest absolute Gasteiger partial charge is 0.504 e. The summed E-state index contributed by atoms with van der Waals surface area (Å²) in [5.74, 6) is -3.19. The maximum Gasteiger partial charge on any atom is 0.238 e. The average Bonchev–Trinajstić information content (AvgIpc) is 3.18. The van der Waals surface area contributed by atoms with E-state index in [0.717, 1.165) is 10.0 Å². The molecule has 3 aliphatic carbocycles. The van der Waals surface area contributed by atoms with Gasteiger partial charge in [-0.15, -0.1) is 0 Å². The molecule has 0 aromatic heterocycles. The number of aromatic hydroxyl groups is 1. The van der Waals surface area contributed by atoms with Crippen LogP contribution in [0.3, 0.4) is 0 Å². The summed E-state index contributed by atoms with van der Waals surface area (Å²) in [6, 6.07) is 10.5. The molecule has 0 radical (unpaired) electrons. The molecule has 0 saturated carbocycles. The number of hydrogen-bond acceptors (Lipinski definition) is 6. The number of hydrogen-bond donors (Lipinski definition) is 1. The van der Waals surface area contributed by atoms with Gasteiger partial charge in [-0.3, -0.25) is 24.1 Å². The molecule has 7 nitrogen and oxygen atoms in total. The minimum absolute atomic E-state index is 0.0171. The molecule has 1 heterocycles. The number of ketones is 2. The van der Waals surface area contributed by atoms with Gasteiger partial charge in [0, 0.05) is 27.6 Å². The van der Waals surface area contributed by atoms with E-state index in [0.29, 0.717) is 32.4 Å². The van der Waals surface area contributed by atoms with Crippen LogP contribution in [0.1, 0.15) is 24.3 Å². The summed E-state index contributed by atoms with van der Waals surface area (Å²) in [7, 11) is 1.45. The second-order valence-corrected chi connectivity index (χ2v) is 12.9. The number of carbonyl (C=O) groups excluding carboxylic acids is 4. The van der Waals surface area contributed by atoms with Crippen LogP contribution in [-0.2, 0) is 19.2 Å². The van der Waals surface area contributed by atoms with Gasteiger partial charge in [-0.05, 0) is 99.2 Å². The lowest BCUT2D eigenvalue weighted by atomic mass is 9.59. The fourth-order valence-corrected chi connectivity index (χ4v) is 7.68. The highest BCUT2D eigenvalue weighted by Gasteiger charge is 2.56. The number of phenolic OH excluding ortho intramolecular Hbond substituents is 1. The first kappa shape index (κ1) is 26.6. The normalized spacial score (nSPS) is 26.2. The molecule has 1 N–H and O–H groups in total. The van der Waals surface area contributed by atoms with Crippen molar-refractivity contribution < 1.29 is 29.0 Å². The molecule has 1 fully saturated rings. The van der Waals surface area contributed by atoms with E-state index in [1.54, 1.807) is 36.4 Å². The van der Waals surface area contributed by atoms with E-state index in [2.05, 4.69) is 31.9 Å². The molecule has 4 aliphatic rings. The number of benzene rings is 2. The highest BCUT2D eigenvalue weighted by atomic mass is 127. The van der Waals surface area contributed by atoms with Crippen LogP contribution in [0, 0.1) is 21.3 Å². The van der Waals surface area contributed by atoms with Gasteiger partial charge >= 0.3 is 0 Å². The molecule has 6 rings (SSSR count). The van der Waals surface area contributed by atoms with Gasteiger partial charge in [0.15, 0.2) is 23.1 Å². The summed E-state index contributed by atoms with van der Waals surface area (Å²) >= 11 is 8.63. The predicted molar refractivity (Wildman–Crippen MR) is 159 cm³/mol. The second kappa shape index (κ2) is 9.81. The van der Waals surface area contributed by atoms with Crippen molar-refractivity contribution >= 4 is 83.5 Å². The van der Waals surface area contributed by atoms with Crippen LogP contribution in [0.15, 0.2) is 74.2 Å². The highest BCUT2D eigenvalue weighted by Crippen LogP contribution is 2.56. The number of anilines is 1. The fraction of sp³-hybridized carbons (Fsp3) is 0.241. The molecule has 4 unspecified atom stereocenters. The van der Waals surface area contributed by atoms with E-state index in [1.165, 1.54) is 18.1 Å². The molecule has 1 aliphatic heterocycles. The summed E-state index contributed by atoms with van der Waals surface area (Å²) in [6.07, 6.45) is 3.80. The maximum atomic E-state index is 13.9. The van der Waals surface area contributed by atoms with Crippen LogP contribution in [0.2, 0.25) is 0 Å². The number of nitrogens with zero attached hydrogens (tertiary/aromatic N) is 1. The lowest BCUT2D eigenvalue weighted by molar-refractivity contribution is -0.123. The van der Waals surface area contributed by atoms with E-state index in [-0.39, 0.29) is 45.8 Å². The molecule has 10 heteroatoms. The first-order valence-electron chi connectivity index (χ1n) is 12.2. The van der Waals surface area contributed by atoms with Crippen molar-refractivity contribution in [1.82, 2.24) is 0 Å². The van der Waals surface area contributed by atoms with Crippen LogP contribution in [0.4, 0.5) is 5.69 Å². The number of amides is 2. The Morgan fingerprint density at radius 1 is 1.03 bits per heavy atom. The van der Waals surface area contributed by atoms with Crippen LogP contribution >= 0.6 is 54.5 Å². The van der Waals surface area contributed by atoms with Crippen molar-refractivity contribution in [2.75, 3.05) is 12.0 Å². The zero-order chi connectivity index (χ0) is 27.7. The van der Waals surface area contributed by atoms with E-state index < -0.39 is 23.7 Å². The van der Waals surface area contributed by atoms with Gasteiger partial charge in [0.2, 0.25) is 11.8 Å². The van der Waals surface area contributed by atoms with Crippen LogP contribution < -0.4 is 9.64 Å². The lowest BCUT2D eigenvalue weighted by Gasteiger charge is -2.42. The second-order valence-electron chi connectivity index (χ2n) is 9.94. The van der Waals surface area contributed by atoms with Crippen LogP contribution in [-0.4, -0.2) is 35.6 Å². The smallest absolute Gasteiger partial charge is 0.238 e. The number of imide groups is 1. The number of carbonyl (C=O) groups is 4. The summed E-state index contributed by atoms with van der Waals surface area (Å²) in [5.41, 5.74) is 2.74. The number of fused-ring (bicyclic) bond motifs is 3. The maximum absolute atomic E-state index is 13.9. The van der Waals surface area contributed by atoms with Gasteiger partial charge in [0.25, 0.3) is 0 Å². The quantitative estimate of drug-likeness (QED) is 0.186. The van der Waals surface area contributed by atoms with Gasteiger partial charge in [-0.25, -0.2) is 0 Å². The topological polar surface area (TPSA) is 101 Å². The predicted octanol–water partition coefficient (Wildman–Crippen LogP) is 5.73. The molecule has 2 aromatic carbocycles. The van der Waals surface area contributed by atoms with Crippen molar-refractivity contribution in [3.05, 3.63) is 83.4 Å². The molecule has 39 heavy (non-hydrogen) atoms. The monoisotopic (exact) mass is 763 g/mol. The van der Waals surface area contributed by atoms with Gasteiger partial charge < -0.3 is 9.84 Å². The molecule has 0 spiro atoms. The fourth-order valence-electron chi connectivity index (χ4n) is 6.35. The van der Waals surface area contributed by atoms with Gasteiger partial charge in [0.1, 0.15) is 0 Å². The Bertz CT molecular complexity index is 1590. The number of allylic oxidation sites excluding steroid dienone is 6. The van der Waals surface area contributed by atoms with Crippen molar-refractivity contribution in [3.63, 3.8) is 0 Å². The van der Waals surface area contributed by atoms with E-state index in [9.17, 15) is 24.3 Å². The van der Waals surface area contributed by atoms with Crippen LogP contribution in [0.25, 0.3) is 0 Å². The first-order valence-corrected chi connectivity index (χ1v) is 14.9. The Morgan fingerprint density at radius 2 is 1.74 bits per heavy atom. The first-order chi connectivity index (χ1) is 18.6. The van der Waals surface area contributed by atoms with Crippen molar-refractivity contribution in [2.24, 2.45) is 17.8 Å². The third kappa shape index (κ3) is 4.09. The zero-order valence-electron chi connectivity index (χ0n) is 20.4. The number of halogens is 3. The molecule has 198 valence electrons. The summed E-state index contributed by atoms with van der Waals surface area (Å²) in [5, 5.41) is 10.5. The van der Waals surface area contributed by atoms with Gasteiger partial charge in [-0.2, -0.15) is 0 Å². The molecule has 2 amide bonds. The van der Waals surface area contributed by atoms with Crippen LogP contribution in [0.5, 0.6) is 11.5 Å². The van der Waals surface area contributed by atoms with E-state index in [1.807, 2.05) is 28.7 Å². The SMILES string of the molecule is COc1cc(C2C3=CCC4C(=O)N(c5ccc(Br)cc5)C(=O)C4C3CC3=C2C(=O)C=C(Br)C3=O)cc(I)c1O. The zero-order valence-corrected chi connectivity index (χ0v) is 25.7. The Labute approximate surface area is 254 Å². The minimum Gasteiger partial charge on any atom is -0.504 e. The molecular weight excluding hydrogens is 745 g/mol. The molecule has 1 saturated heterocycles. The summed E-state index contributed by atoms with van der Waals surface area (Å²) in [4.78, 5) is 55.5. The molecule has 4 atom stereocenters. The third-order valence-corrected chi connectivity index (χ3v) is 9.96. The standard InChI is InChI=1S/C29H20Br2INO6/c1-39-22-9-12(8-20(32)27(22)36)23-15-6-7-16-24(17(15)10-18-25(23)21(34)11-19(31)26(18)35)29(38)33(28(16)37)14-4-2-13(30)3-5-14/h2-6,8-9,11,16-17,23-24,36H,7,10H2,1H3. The molecule has 2 aromatic rings. The Morgan fingerprint density at radius 3 is 2.44 bits per heavy atom. The van der Waals surface area contributed by atoms with Crippen molar-refractivity contribution in [3.8, 4) is 11.5 Å². The number of ether oxygens (including phenoxy) is 1. The summed E-state index contributed by atoms with van der Waals surface area (Å²) < 4.78 is 6.93. The van der Waals surface area contributed by atoms with Gasteiger partial charge in [0.05, 0.1) is 32.7 Å².